The Kier molecular flexibility index (Phi) is 2.41. The summed E-state index contributed by atoms with van der Waals surface area (Å²) >= 11 is 5.35. The van der Waals surface area contributed by atoms with Gasteiger partial charge in [-0.15, -0.1) is 0 Å². The number of aromatic amines is 1. The Balaban J connectivity index is 3.05. The van der Waals surface area contributed by atoms with Gasteiger partial charge in [-0.3, -0.25) is 5.10 Å². The van der Waals surface area contributed by atoms with Gasteiger partial charge in [-0.05, 0) is 0 Å². The van der Waals surface area contributed by atoms with E-state index in [0.717, 1.165) is 0 Å². The van der Waals surface area contributed by atoms with Crippen molar-refractivity contribution in [3.8, 4) is 0 Å². The molecule has 0 aliphatic heterocycles. The molecule has 1 aromatic rings. The number of rotatable bonds is 2. The van der Waals surface area contributed by atoms with E-state index >= 15 is 0 Å². The van der Waals surface area contributed by atoms with Crippen molar-refractivity contribution in [1.29, 1.82) is 0 Å². The maximum Gasteiger partial charge on any atom is 0.280 e. The summed E-state index contributed by atoms with van der Waals surface area (Å²) in [5.74, 6) is 0. The molecule has 0 spiro atoms. The van der Waals surface area contributed by atoms with Crippen LogP contribution in [0, 0.1) is 0 Å². The summed E-state index contributed by atoms with van der Waals surface area (Å²) in [4.78, 5) is 0. The Labute approximate surface area is 66.0 Å². The predicted octanol–water partition coefficient (Wildman–Crippen LogP) is 1.49. The molecule has 1 aromatic heterocycles. The lowest BCUT2D eigenvalue weighted by Gasteiger charge is -1.96. The third-order valence-corrected chi connectivity index (χ3v) is 1.54. The minimum Gasteiger partial charge on any atom is -0.391 e. The SMILES string of the molecule is OCc1c(Cl)n[nH]c1C(F)F. The van der Waals surface area contributed by atoms with Crippen LogP contribution in [0.25, 0.3) is 0 Å². The maximum atomic E-state index is 12.0. The number of hydrogen-bond acceptors (Lipinski definition) is 2. The molecule has 2 N–H and O–H groups in total. The summed E-state index contributed by atoms with van der Waals surface area (Å²) in [6.07, 6.45) is -2.68. The standard InChI is InChI=1S/C5H5ClF2N2O/c6-4-2(1-11)3(5(7)8)9-10-4/h5,11H,1H2,(H,9,10). The smallest absolute Gasteiger partial charge is 0.280 e. The van der Waals surface area contributed by atoms with E-state index in [-0.39, 0.29) is 10.7 Å². The van der Waals surface area contributed by atoms with E-state index in [1.54, 1.807) is 0 Å². The number of nitrogens with one attached hydrogen (secondary N) is 1. The number of hydrogen-bond donors (Lipinski definition) is 2. The van der Waals surface area contributed by atoms with Crippen molar-refractivity contribution >= 4 is 11.6 Å². The molecule has 0 bridgehead atoms. The van der Waals surface area contributed by atoms with Crippen LogP contribution >= 0.6 is 11.6 Å². The summed E-state index contributed by atoms with van der Waals surface area (Å²) < 4.78 is 24.0. The maximum absolute atomic E-state index is 12.0. The molecular formula is C5H5ClF2N2O. The highest BCUT2D eigenvalue weighted by Gasteiger charge is 2.17. The van der Waals surface area contributed by atoms with Gasteiger partial charge in [-0.1, -0.05) is 11.6 Å². The first-order valence-corrected chi connectivity index (χ1v) is 3.16. The second kappa shape index (κ2) is 3.15. The van der Waals surface area contributed by atoms with Gasteiger partial charge < -0.3 is 5.11 Å². The lowest BCUT2D eigenvalue weighted by atomic mass is 10.3. The van der Waals surface area contributed by atoms with E-state index < -0.39 is 18.7 Å². The van der Waals surface area contributed by atoms with E-state index in [2.05, 4.69) is 5.10 Å². The molecule has 3 nitrogen and oxygen atoms in total. The highest BCUT2D eigenvalue weighted by atomic mass is 35.5. The largest absolute Gasteiger partial charge is 0.391 e. The predicted molar refractivity (Wildman–Crippen MR) is 34.5 cm³/mol. The van der Waals surface area contributed by atoms with E-state index in [1.165, 1.54) is 0 Å². The zero-order valence-corrected chi connectivity index (χ0v) is 6.07. The summed E-state index contributed by atoms with van der Waals surface area (Å²) in [5, 5.41) is 13.8. The van der Waals surface area contributed by atoms with Gasteiger partial charge >= 0.3 is 0 Å². The average molecular weight is 183 g/mol. The monoisotopic (exact) mass is 182 g/mol. The van der Waals surface area contributed by atoms with Crippen LogP contribution in [0.15, 0.2) is 0 Å². The third kappa shape index (κ3) is 1.49. The molecule has 0 aliphatic carbocycles. The van der Waals surface area contributed by atoms with Crippen LogP contribution in [-0.4, -0.2) is 15.3 Å². The number of aliphatic hydroxyl groups is 1. The zero-order valence-electron chi connectivity index (χ0n) is 5.31. The Bertz CT molecular complexity index is 251. The Morgan fingerprint density at radius 3 is 2.64 bits per heavy atom. The molecule has 0 radical (unpaired) electrons. The van der Waals surface area contributed by atoms with Crippen molar-refractivity contribution < 1.29 is 13.9 Å². The van der Waals surface area contributed by atoms with Crippen molar-refractivity contribution in [2.75, 3.05) is 0 Å². The Morgan fingerprint density at radius 2 is 2.27 bits per heavy atom. The van der Waals surface area contributed by atoms with Gasteiger partial charge in [0.2, 0.25) is 0 Å². The molecule has 0 atom stereocenters. The van der Waals surface area contributed by atoms with Crippen molar-refractivity contribution in [1.82, 2.24) is 10.2 Å². The Morgan fingerprint density at radius 1 is 1.64 bits per heavy atom. The van der Waals surface area contributed by atoms with Crippen LogP contribution in [0.5, 0.6) is 0 Å². The highest BCUT2D eigenvalue weighted by molar-refractivity contribution is 6.30. The molecule has 6 heteroatoms. The number of nitrogens with zero attached hydrogens (tertiary/aromatic N) is 1. The molecule has 0 saturated carbocycles. The molecule has 0 unspecified atom stereocenters. The van der Waals surface area contributed by atoms with Crippen LogP contribution in [0.1, 0.15) is 17.7 Å². The van der Waals surface area contributed by atoms with Crippen LogP contribution in [-0.2, 0) is 6.61 Å². The van der Waals surface area contributed by atoms with Crippen LogP contribution in [0.3, 0.4) is 0 Å². The van der Waals surface area contributed by atoms with Gasteiger partial charge in [0.15, 0.2) is 5.15 Å². The topological polar surface area (TPSA) is 48.9 Å². The van der Waals surface area contributed by atoms with Gasteiger partial charge in [0.25, 0.3) is 6.43 Å². The first-order valence-electron chi connectivity index (χ1n) is 2.78. The van der Waals surface area contributed by atoms with E-state index in [9.17, 15) is 8.78 Å². The quantitative estimate of drug-likeness (QED) is 0.728. The summed E-state index contributed by atoms with van der Waals surface area (Å²) in [6, 6.07) is 0. The van der Waals surface area contributed by atoms with Crippen molar-refractivity contribution in [3.63, 3.8) is 0 Å². The fourth-order valence-electron chi connectivity index (χ4n) is 0.686. The lowest BCUT2D eigenvalue weighted by Crippen LogP contribution is -1.91. The van der Waals surface area contributed by atoms with E-state index in [0.29, 0.717) is 0 Å². The zero-order chi connectivity index (χ0) is 8.43. The third-order valence-electron chi connectivity index (χ3n) is 1.22. The molecule has 11 heavy (non-hydrogen) atoms. The van der Waals surface area contributed by atoms with E-state index in [1.807, 2.05) is 5.10 Å². The second-order valence-corrected chi connectivity index (χ2v) is 2.22. The number of halogens is 3. The second-order valence-electron chi connectivity index (χ2n) is 1.87. The molecule has 0 fully saturated rings. The fraction of sp³-hybridized carbons (Fsp3) is 0.400. The number of alkyl halides is 2. The molecule has 62 valence electrons. The lowest BCUT2D eigenvalue weighted by molar-refractivity contribution is 0.142. The normalized spacial score (nSPS) is 11.0. The summed E-state index contributed by atoms with van der Waals surface area (Å²) in [6.45, 7) is -0.533. The van der Waals surface area contributed by atoms with Gasteiger partial charge in [0.05, 0.1) is 6.61 Å². The van der Waals surface area contributed by atoms with Crippen molar-refractivity contribution in [2.24, 2.45) is 0 Å². The molecule has 0 saturated heterocycles. The van der Waals surface area contributed by atoms with Gasteiger partial charge in [0.1, 0.15) is 5.69 Å². The van der Waals surface area contributed by atoms with Crippen LogP contribution in [0.4, 0.5) is 8.78 Å². The molecule has 1 heterocycles. The average Bonchev–Trinajstić information content (AvgIpc) is 2.30. The molecule has 0 aliphatic rings. The first kappa shape index (κ1) is 8.42. The highest BCUT2D eigenvalue weighted by Crippen LogP contribution is 2.25. The minimum absolute atomic E-state index is 0.0401. The van der Waals surface area contributed by atoms with Crippen molar-refractivity contribution in [2.45, 2.75) is 13.0 Å². The minimum atomic E-state index is -2.68. The van der Waals surface area contributed by atoms with Crippen LogP contribution in [0.2, 0.25) is 5.15 Å². The summed E-state index contributed by atoms with van der Waals surface area (Å²) in [7, 11) is 0. The molecule has 1 rings (SSSR count). The molecular weight excluding hydrogens is 178 g/mol. The molecule has 0 aromatic carbocycles. The van der Waals surface area contributed by atoms with Crippen LogP contribution < -0.4 is 0 Å². The molecule has 0 amide bonds. The Hall–Kier alpha value is -0.680. The first-order chi connectivity index (χ1) is 5.16. The summed E-state index contributed by atoms with van der Waals surface area (Å²) in [5.41, 5.74) is -0.459. The van der Waals surface area contributed by atoms with Crippen molar-refractivity contribution in [3.05, 3.63) is 16.4 Å². The van der Waals surface area contributed by atoms with E-state index in [4.69, 9.17) is 16.7 Å². The fourth-order valence-corrected chi connectivity index (χ4v) is 0.890. The number of aromatic nitrogens is 2. The van der Waals surface area contributed by atoms with Gasteiger partial charge in [0, 0.05) is 5.56 Å². The van der Waals surface area contributed by atoms with Gasteiger partial charge in [-0.25, -0.2) is 8.78 Å². The number of H-pyrrole nitrogens is 1. The number of aliphatic hydroxyl groups excluding tert-OH is 1. The van der Waals surface area contributed by atoms with Gasteiger partial charge in [-0.2, -0.15) is 5.10 Å².